The first-order valence-corrected chi connectivity index (χ1v) is 28.7. The van der Waals surface area contributed by atoms with Crippen molar-refractivity contribution in [2.45, 2.75) is 77.0 Å². The monoisotopic (exact) mass is 1110 g/mol. The van der Waals surface area contributed by atoms with Crippen LogP contribution in [0.1, 0.15) is 99.9 Å². The summed E-state index contributed by atoms with van der Waals surface area (Å²) in [7, 11) is -1.51. The molecule has 0 unspecified atom stereocenters. The molecular weight excluding hydrogens is 1060 g/mol. The number of rotatable bonds is 4. The normalized spacial score (nSPS) is 15.0. The van der Waals surface area contributed by atoms with Crippen molar-refractivity contribution in [2.75, 3.05) is 0 Å². The molecule has 0 amide bonds. The van der Waals surface area contributed by atoms with Gasteiger partial charge in [-0.1, -0.05) is 159 Å². The predicted octanol–water partition coefficient (Wildman–Crippen LogP) is 15.1. The van der Waals surface area contributed by atoms with Crippen LogP contribution < -0.4 is 5.46 Å². The van der Waals surface area contributed by atoms with Crippen LogP contribution in [0.15, 0.2) is 195 Å². The van der Waals surface area contributed by atoms with E-state index in [2.05, 4.69) is 183 Å². The molecule has 12 heteroatoms. The second-order valence-corrected chi connectivity index (χ2v) is 24.7. The molecule has 0 radical (unpaired) electrons. The van der Waals surface area contributed by atoms with Gasteiger partial charge in [0.1, 0.15) is 0 Å². The highest BCUT2D eigenvalue weighted by Crippen LogP contribution is 2.57. The maximum absolute atomic E-state index is 9.56. The molecule has 12 aromatic rings. The van der Waals surface area contributed by atoms with E-state index in [0.29, 0.717) is 11.3 Å². The number of nitrogens with zero attached hydrogens (tertiary/aromatic N) is 8. The summed E-state index contributed by atoms with van der Waals surface area (Å²) in [6.07, 6.45) is 10.8. The van der Waals surface area contributed by atoms with Gasteiger partial charge in [0, 0.05) is 103 Å². The van der Waals surface area contributed by atoms with Crippen LogP contribution in [0.3, 0.4) is 0 Å². The topological polar surface area (TPSA) is 144 Å². The van der Waals surface area contributed by atoms with Gasteiger partial charge in [-0.25, -0.2) is 19.9 Å². The Morgan fingerprint density at radius 1 is 0.357 bits per heavy atom. The van der Waals surface area contributed by atoms with E-state index in [4.69, 9.17) is 26.6 Å². The Labute approximate surface area is 493 Å². The largest absolute Gasteiger partial charge is 0.490 e. The molecule has 6 aromatic carbocycles. The highest BCUT2D eigenvalue weighted by molar-refractivity contribution is 6.58. The van der Waals surface area contributed by atoms with E-state index >= 15 is 0 Å². The minimum atomic E-state index is -1.51. The highest BCUT2D eigenvalue weighted by atomic mass is 35.5. The standard InChI is InChI=1S/C36H28N4.C22H21BN2O2.C14H9ClN2/c1-35(2)27-13-8-15-37-32(27)25-18-29-26(19-28(25)35)33-30(36(29,3)4)17-22(20-39-33)34-38-16-14-31(40-34)24-12-7-10-21-9-5-6-11-23(21)24;1-21(2)15-6-5-7-24-19(15)13-9-17-14(10-16(13)21)20-18(22(17,3)4)8-12(11-25-20)23(26)27;15-14-16-9-8-13(17-14)12-7-3-5-10-4-1-2-6-11(10)12/h5-20H,1-4H3;5-11,26-27H,1-4H3;1-9H. The third-order valence-electron chi connectivity index (χ3n) is 18.1. The molecule has 0 spiro atoms. The van der Waals surface area contributed by atoms with Crippen molar-refractivity contribution in [2.24, 2.45) is 0 Å². The van der Waals surface area contributed by atoms with Crippen LogP contribution in [0.2, 0.25) is 5.28 Å². The first kappa shape index (κ1) is 52.9. The predicted molar refractivity (Wildman–Crippen MR) is 338 cm³/mol. The summed E-state index contributed by atoms with van der Waals surface area (Å²) in [5.41, 5.74) is 23.4. The number of pyridine rings is 4. The minimum Gasteiger partial charge on any atom is -0.423 e. The molecule has 0 bridgehead atoms. The first-order valence-electron chi connectivity index (χ1n) is 28.4. The van der Waals surface area contributed by atoms with Crippen molar-refractivity contribution in [1.29, 1.82) is 0 Å². The molecule has 6 heterocycles. The van der Waals surface area contributed by atoms with E-state index in [1.165, 1.54) is 77.2 Å². The summed E-state index contributed by atoms with van der Waals surface area (Å²) in [6, 6.07) is 54.8. The van der Waals surface area contributed by atoms with Crippen LogP contribution in [0, 0.1) is 0 Å². The number of fused-ring (bicyclic) bond motifs is 14. The van der Waals surface area contributed by atoms with Gasteiger partial charge in [-0.15, -0.1) is 0 Å². The van der Waals surface area contributed by atoms with Gasteiger partial charge in [-0.3, -0.25) is 19.9 Å². The second-order valence-electron chi connectivity index (χ2n) is 24.4. The molecule has 2 N–H and O–H groups in total. The lowest BCUT2D eigenvalue weighted by molar-refractivity contribution is 0.425. The van der Waals surface area contributed by atoms with E-state index in [0.717, 1.165) is 62.0 Å². The van der Waals surface area contributed by atoms with Crippen molar-refractivity contribution < 1.29 is 10.0 Å². The number of hydrogen-bond acceptors (Lipinski definition) is 10. The van der Waals surface area contributed by atoms with Crippen molar-refractivity contribution in [3.05, 3.63) is 245 Å². The average Bonchev–Trinajstić information content (AvgIpc) is 2.01. The number of hydrogen-bond donors (Lipinski definition) is 2. The van der Waals surface area contributed by atoms with E-state index in [1.54, 1.807) is 12.4 Å². The van der Waals surface area contributed by atoms with Crippen LogP contribution in [0.5, 0.6) is 0 Å². The average molecular weight is 1110 g/mol. The summed E-state index contributed by atoms with van der Waals surface area (Å²) in [6.45, 7) is 18.0. The molecule has 0 saturated heterocycles. The number of benzene rings is 6. The van der Waals surface area contributed by atoms with E-state index in [9.17, 15) is 10.0 Å². The molecule has 4 aliphatic carbocycles. The van der Waals surface area contributed by atoms with Crippen molar-refractivity contribution in [3.8, 4) is 78.9 Å². The van der Waals surface area contributed by atoms with Gasteiger partial charge in [0.15, 0.2) is 5.82 Å². The molecule has 16 rings (SSSR count). The molecule has 0 saturated carbocycles. The molecule has 0 atom stereocenters. The quantitative estimate of drug-likeness (QED) is 0.129. The smallest absolute Gasteiger partial charge is 0.423 e. The Morgan fingerprint density at radius 2 is 0.786 bits per heavy atom. The number of halogens is 1. The summed E-state index contributed by atoms with van der Waals surface area (Å²) in [4.78, 5) is 37.0. The zero-order chi connectivity index (χ0) is 58.0. The zero-order valence-electron chi connectivity index (χ0n) is 47.9. The van der Waals surface area contributed by atoms with Crippen molar-refractivity contribution in [3.63, 3.8) is 0 Å². The first-order chi connectivity index (χ1) is 40.4. The van der Waals surface area contributed by atoms with Gasteiger partial charge in [-0.05, 0) is 132 Å². The minimum absolute atomic E-state index is 0.101. The van der Waals surface area contributed by atoms with Crippen LogP contribution >= 0.6 is 11.6 Å². The third kappa shape index (κ3) is 8.31. The fourth-order valence-electron chi connectivity index (χ4n) is 13.5. The van der Waals surface area contributed by atoms with E-state index in [1.807, 2.05) is 79.4 Å². The van der Waals surface area contributed by atoms with Gasteiger partial charge >= 0.3 is 7.12 Å². The molecule has 84 heavy (non-hydrogen) atoms. The molecule has 4 aliphatic rings. The van der Waals surface area contributed by atoms with Crippen LogP contribution in [-0.4, -0.2) is 57.0 Å². The van der Waals surface area contributed by atoms with Gasteiger partial charge in [0.25, 0.3) is 0 Å². The molecule has 0 aliphatic heterocycles. The van der Waals surface area contributed by atoms with Gasteiger partial charge < -0.3 is 10.0 Å². The molecular formula is C72H58BClN8O2. The Bertz CT molecular complexity index is 4700. The van der Waals surface area contributed by atoms with Crippen LogP contribution in [0.4, 0.5) is 0 Å². The zero-order valence-corrected chi connectivity index (χ0v) is 48.7. The van der Waals surface area contributed by atoms with Crippen LogP contribution in [0.25, 0.3) is 100 Å². The Kier molecular flexibility index (Phi) is 12.3. The maximum Gasteiger partial charge on any atom is 0.490 e. The van der Waals surface area contributed by atoms with Gasteiger partial charge in [0.05, 0.1) is 34.2 Å². The van der Waals surface area contributed by atoms with Gasteiger partial charge in [0.2, 0.25) is 5.28 Å². The van der Waals surface area contributed by atoms with Crippen LogP contribution in [-0.2, 0) is 21.7 Å². The lowest BCUT2D eigenvalue weighted by atomic mass is 9.76. The Hall–Kier alpha value is -9.13. The Morgan fingerprint density at radius 3 is 1.29 bits per heavy atom. The van der Waals surface area contributed by atoms with Gasteiger partial charge in [-0.2, -0.15) is 0 Å². The SMILES string of the molecule is CC1(C)c2cc3c(cc2-c2ncccc21)C(C)(C)c1cc(-c2nccc(-c4cccc5ccccc45)n2)cnc1-3.CC1(C)c2cc3c(cc2-c2ncccc21)C(C)(C)c1cc(B(O)O)cnc1-3.Clc1nccc(-c2cccc3ccccc23)n1. The number of aromatic nitrogens is 8. The fourth-order valence-corrected chi connectivity index (χ4v) is 13.6. The van der Waals surface area contributed by atoms with E-state index < -0.39 is 7.12 Å². The maximum atomic E-state index is 9.56. The fraction of sp³-hybridized carbons (Fsp3) is 0.167. The second kappa shape index (κ2) is 19.5. The summed E-state index contributed by atoms with van der Waals surface area (Å²) >= 11 is 5.82. The summed E-state index contributed by atoms with van der Waals surface area (Å²) in [5, 5.41) is 24.2. The Balaban J connectivity index is 0.000000123. The van der Waals surface area contributed by atoms with Crippen molar-refractivity contribution >= 4 is 45.7 Å². The molecule has 6 aromatic heterocycles. The summed E-state index contributed by atoms with van der Waals surface area (Å²) < 4.78 is 0. The molecule has 0 fully saturated rings. The van der Waals surface area contributed by atoms with Crippen molar-refractivity contribution in [1.82, 2.24) is 39.9 Å². The third-order valence-corrected chi connectivity index (χ3v) is 18.3. The lowest BCUT2D eigenvalue weighted by Crippen LogP contribution is -2.31. The lowest BCUT2D eigenvalue weighted by Gasteiger charge is -2.24. The molecule has 10 nitrogen and oxygen atoms in total. The molecule has 408 valence electrons. The highest BCUT2D eigenvalue weighted by Gasteiger charge is 2.45. The summed E-state index contributed by atoms with van der Waals surface area (Å²) in [5.74, 6) is 0.689. The van der Waals surface area contributed by atoms with E-state index in [-0.39, 0.29) is 26.9 Å².